The molecule has 1 aliphatic rings. The van der Waals surface area contributed by atoms with Crippen LogP contribution < -0.4 is 0 Å². The van der Waals surface area contributed by atoms with Crippen LogP contribution in [0, 0.1) is 0 Å². The van der Waals surface area contributed by atoms with Gasteiger partial charge >= 0.3 is 5.97 Å². The lowest BCUT2D eigenvalue weighted by Gasteiger charge is -2.29. The van der Waals surface area contributed by atoms with Gasteiger partial charge in [-0.2, -0.15) is 0 Å². The first kappa shape index (κ1) is 16.5. The SMILES string of the molecule is CC(=O)N1[C@@H](C(=O)O)C(C)(C)S[C@H]1c1ccc(Cl)cc1Cl. The van der Waals surface area contributed by atoms with Crippen LogP contribution in [-0.4, -0.2) is 32.7 Å². The highest BCUT2D eigenvalue weighted by Gasteiger charge is 2.53. The first-order chi connectivity index (χ1) is 9.65. The molecule has 4 nitrogen and oxygen atoms in total. The number of carboxylic acid groups (broad SMARTS) is 1. The number of carbonyl (C=O) groups is 2. The third-order valence-electron chi connectivity index (χ3n) is 3.43. The molecule has 1 aromatic rings. The van der Waals surface area contributed by atoms with Gasteiger partial charge in [-0.1, -0.05) is 29.3 Å². The van der Waals surface area contributed by atoms with E-state index < -0.39 is 22.1 Å². The average Bonchev–Trinajstić information content (AvgIpc) is 2.60. The molecular formula is C14H15Cl2NO3S. The zero-order valence-corrected chi connectivity index (χ0v) is 14.1. The maximum Gasteiger partial charge on any atom is 0.327 e. The monoisotopic (exact) mass is 347 g/mol. The minimum absolute atomic E-state index is 0.295. The standard InChI is InChI=1S/C14H15Cl2NO3S/c1-7(18)17-11(13(19)20)14(2,3)21-12(17)9-5-4-8(15)6-10(9)16/h4-6,11-12H,1-3H3,(H,19,20)/t11-,12-/m0/s1. The Balaban J connectivity index is 2.52. The van der Waals surface area contributed by atoms with Gasteiger partial charge in [-0.05, 0) is 26.0 Å². The zero-order valence-electron chi connectivity index (χ0n) is 11.8. The lowest BCUT2D eigenvalue weighted by atomic mass is 10.0. The molecule has 21 heavy (non-hydrogen) atoms. The number of carbonyl (C=O) groups excluding carboxylic acids is 1. The highest BCUT2D eigenvalue weighted by molar-refractivity contribution is 8.01. The maximum atomic E-state index is 12.0. The van der Waals surface area contributed by atoms with Crippen molar-refractivity contribution in [3.8, 4) is 0 Å². The van der Waals surface area contributed by atoms with Gasteiger partial charge in [0.25, 0.3) is 0 Å². The maximum absolute atomic E-state index is 12.0. The Bertz CT molecular complexity index is 606. The molecule has 0 saturated carbocycles. The van der Waals surface area contributed by atoms with Crippen molar-refractivity contribution in [2.24, 2.45) is 0 Å². The molecule has 114 valence electrons. The second kappa shape index (κ2) is 5.71. The van der Waals surface area contributed by atoms with Crippen LogP contribution in [0.5, 0.6) is 0 Å². The molecule has 0 aliphatic carbocycles. The number of nitrogens with zero attached hydrogens (tertiary/aromatic N) is 1. The Kier molecular flexibility index (Phi) is 4.47. The molecule has 2 rings (SSSR count). The summed E-state index contributed by atoms with van der Waals surface area (Å²) < 4.78 is -0.620. The molecule has 1 saturated heterocycles. The molecule has 7 heteroatoms. The lowest BCUT2D eigenvalue weighted by molar-refractivity contribution is -0.150. The molecule has 0 bridgehead atoms. The third kappa shape index (κ3) is 3.00. The van der Waals surface area contributed by atoms with Crippen LogP contribution in [0.4, 0.5) is 0 Å². The molecule has 0 aromatic heterocycles. The summed E-state index contributed by atoms with van der Waals surface area (Å²) in [4.78, 5) is 25.0. The van der Waals surface area contributed by atoms with Crippen LogP contribution in [0.15, 0.2) is 18.2 Å². The first-order valence-corrected chi connectivity index (χ1v) is 7.93. The number of rotatable bonds is 2. The molecule has 0 radical (unpaired) electrons. The van der Waals surface area contributed by atoms with E-state index in [0.29, 0.717) is 15.6 Å². The van der Waals surface area contributed by atoms with Gasteiger partial charge in [0, 0.05) is 27.3 Å². The van der Waals surface area contributed by atoms with Crippen LogP contribution in [0.1, 0.15) is 31.7 Å². The summed E-state index contributed by atoms with van der Waals surface area (Å²) in [7, 11) is 0. The van der Waals surface area contributed by atoms with E-state index in [4.69, 9.17) is 23.2 Å². The minimum Gasteiger partial charge on any atom is -0.480 e. The highest BCUT2D eigenvalue weighted by Crippen LogP contribution is 2.53. The van der Waals surface area contributed by atoms with Gasteiger partial charge in [-0.3, -0.25) is 4.79 Å². The Hall–Kier alpha value is -0.910. The van der Waals surface area contributed by atoms with Crippen LogP contribution >= 0.6 is 35.0 Å². The highest BCUT2D eigenvalue weighted by atomic mass is 35.5. The Morgan fingerprint density at radius 2 is 1.95 bits per heavy atom. The Morgan fingerprint density at radius 1 is 1.33 bits per heavy atom. The molecule has 1 N–H and O–H groups in total. The summed E-state index contributed by atoms with van der Waals surface area (Å²) in [5.74, 6) is -1.31. The van der Waals surface area contributed by atoms with Crippen molar-refractivity contribution in [3.05, 3.63) is 33.8 Å². The molecule has 0 spiro atoms. The van der Waals surface area contributed by atoms with Crippen molar-refractivity contribution < 1.29 is 14.7 Å². The number of hydrogen-bond acceptors (Lipinski definition) is 3. The Labute approximate surface area is 137 Å². The molecule has 2 atom stereocenters. The van der Waals surface area contributed by atoms with Gasteiger partial charge in [-0.25, -0.2) is 4.79 Å². The number of carboxylic acids is 1. The van der Waals surface area contributed by atoms with E-state index in [1.165, 1.54) is 23.6 Å². The van der Waals surface area contributed by atoms with Crippen molar-refractivity contribution in [1.29, 1.82) is 0 Å². The first-order valence-electron chi connectivity index (χ1n) is 6.29. The number of halogens is 2. The summed E-state index contributed by atoms with van der Waals surface area (Å²) in [6, 6.07) is 4.11. The van der Waals surface area contributed by atoms with Crippen LogP contribution in [0.3, 0.4) is 0 Å². The van der Waals surface area contributed by atoms with Crippen LogP contribution in [-0.2, 0) is 9.59 Å². The number of amides is 1. The molecule has 1 amide bonds. The summed E-state index contributed by atoms with van der Waals surface area (Å²) in [5, 5.41) is 9.96. The smallest absolute Gasteiger partial charge is 0.327 e. The summed E-state index contributed by atoms with van der Waals surface area (Å²) >= 11 is 13.5. The fraction of sp³-hybridized carbons (Fsp3) is 0.429. The van der Waals surface area contributed by atoms with Gasteiger partial charge in [0.2, 0.25) is 5.91 Å². The van der Waals surface area contributed by atoms with Gasteiger partial charge in [0.1, 0.15) is 11.4 Å². The van der Waals surface area contributed by atoms with Gasteiger partial charge in [-0.15, -0.1) is 11.8 Å². The van der Waals surface area contributed by atoms with Crippen molar-refractivity contribution in [2.75, 3.05) is 0 Å². The summed E-state index contributed by atoms with van der Waals surface area (Å²) in [6.45, 7) is 5.00. The van der Waals surface area contributed by atoms with E-state index >= 15 is 0 Å². The largest absolute Gasteiger partial charge is 0.480 e. The molecule has 0 unspecified atom stereocenters. The fourth-order valence-corrected chi connectivity index (χ4v) is 4.77. The molecule has 1 heterocycles. The molecule has 1 aromatic carbocycles. The van der Waals surface area contributed by atoms with Crippen molar-refractivity contribution >= 4 is 46.8 Å². The lowest BCUT2D eigenvalue weighted by Crippen LogP contribution is -2.48. The normalized spacial score (nSPS) is 24.1. The fourth-order valence-electron chi connectivity index (χ4n) is 2.56. The van der Waals surface area contributed by atoms with E-state index in [-0.39, 0.29) is 5.91 Å². The quantitative estimate of drug-likeness (QED) is 0.883. The predicted molar refractivity (Wildman–Crippen MR) is 84.8 cm³/mol. The molecule has 1 aliphatic heterocycles. The number of aliphatic carboxylic acids is 1. The molecular weight excluding hydrogens is 333 g/mol. The average molecular weight is 348 g/mol. The van der Waals surface area contributed by atoms with Crippen molar-refractivity contribution in [3.63, 3.8) is 0 Å². The third-order valence-corrected chi connectivity index (χ3v) is 5.53. The van der Waals surface area contributed by atoms with Crippen LogP contribution in [0.2, 0.25) is 10.0 Å². The van der Waals surface area contributed by atoms with E-state index in [2.05, 4.69) is 0 Å². The number of benzene rings is 1. The van der Waals surface area contributed by atoms with Crippen LogP contribution in [0.25, 0.3) is 0 Å². The number of hydrogen-bond donors (Lipinski definition) is 1. The van der Waals surface area contributed by atoms with E-state index in [1.807, 2.05) is 13.8 Å². The van der Waals surface area contributed by atoms with E-state index in [0.717, 1.165) is 0 Å². The van der Waals surface area contributed by atoms with E-state index in [1.54, 1.807) is 18.2 Å². The zero-order chi connectivity index (χ0) is 15.9. The summed E-state index contributed by atoms with van der Waals surface area (Å²) in [5.41, 5.74) is 0.693. The van der Waals surface area contributed by atoms with Gasteiger partial charge < -0.3 is 10.0 Å². The molecule has 1 fully saturated rings. The van der Waals surface area contributed by atoms with Crippen molar-refractivity contribution in [1.82, 2.24) is 4.90 Å². The topological polar surface area (TPSA) is 57.6 Å². The summed E-state index contributed by atoms with van der Waals surface area (Å²) in [6.07, 6.45) is 0. The van der Waals surface area contributed by atoms with E-state index in [9.17, 15) is 14.7 Å². The number of thioether (sulfide) groups is 1. The predicted octanol–water partition coefficient (Wildman–Crippen LogP) is 3.82. The minimum atomic E-state index is -1.02. The Morgan fingerprint density at radius 3 is 2.43 bits per heavy atom. The van der Waals surface area contributed by atoms with Gasteiger partial charge in [0.15, 0.2) is 0 Å². The van der Waals surface area contributed by atoms with Gasteiger partial charge in [0.05, 0.1) is 0 Å². The van der Waals surface area contributed by atoms with Crippen molar-refractivity contribution in [2.45, 2.75) is 36.9 Å². The second-order valence-corrected chi connectivity index (χ2v) is 7.98. The second-order valence-electron chi connectivity index (χ2n) is 5.41.